The summed E-state index contributed by atoms with van der Waals surface area (Å²) in [6, 6.07) is 2.67. The van der Waals surface area contributed by atoms with Gasteiger partial charge in [0.05, 0.1) is 25.3 Å². The predicted molar refractivity (Wildman–Crippen MR) is 192 cm³/mol. The number of rotatable bonds is 7. The molecule has 0 saturated carbocycles. The summed E-state index contributed by atoms with van der Waals surface area (Å²) in [4.78, 5) is 55.7. The van der Waals surface area contributed by atoms with E-state index in [0.717, 1.165) is 11.1 Å². The normalized spacial score (nSPS) is 32.3. The summed E-state index contributed by atoms with van der Waals surface area (Å²) in [5, 5.41) is 14.7. The number of halogens is 1. The molecule has 4 rings (SSSR count). The number of carbonyl (C=O) groups is 4. The number of esters is 1. The zero-order valence-electron chi connectivity index (χ0n) is 30.0. The molecular formula is C36H50ClN3O9S. The maximum absolute atomic E-state index is 14.1. The van der Waals surface area contributed by atoms with Crippen LogP contribution in [0.4, 0.5) is 10.5 Å². The third-order valence-corrected chi connectivity index (χ3v) is 10.8. The SMILES string of the molecule is CC[C@@H]1/C=C/C=C(\C)Cc2cc(OC)c(Cl)c(c2)N(C)C(=O)C[C@H](OC(=O)[C@H](C)N(C)C(=O)CCS)[C@]2(C)O[C@H]2[C@H](C)[C@@H]2C[C@@]1(O)NC(=O)O2. The molecular weight excluding hydrogens is 686 g/mol. The Hall–Kier alpha value is -3.26. The van der Waals surface area contributed by atoms with Crippen LogP contribution in [0.5, 0.6) is 5.75 Å². The number of ether oxygens (including phenoxy) is 4. The van der Waals surface area contributed by atoms with Crippen molar-refractivity contribution in [3.8, 4) is 5.75 Å². The number of thiol groups is 1. The highest BCUT2D eigenvalue weighted by atomic mass is 35.5. The Labute approximate surface area is 304 Å². The average Bonchev–Trinajstić information content (AvgIpc) is 3.76. The summed E-state index contributed by atoms with van der Waals surface area (Å²) in [7, 11) is 4.59. The number of nitrogens with one attached hydrogen (secondary N) is 1. The number of benzene rings is 1. The molecule has 50 heavy (non-hydrogen) atoms. The van der Waals surface area contributed by atoms with Crippen molar-refractivity contribution in [1.29, 1.82) is 0 Å². The van der Waals surface area contributed by atoms with E-state index >= 15 is 0 Å². The Balaban J connectivity index is 1.78. The molecule has 3 aliphatic rings. The average molecular weight is 736 g/mol. The van der Waals surface area contributed by atoms with Crippen molar-refractivity contribution in [3.05, 3.63) is 46.5 Å². The Morgan fingerprint density at radius 1 is 1.30 bits per heavy atom. The number of nitrogens with zero attached hydrogens (tertiary/aromatic N) is 2. The van der Waals surface area contributed by atoms with Crippen LogP contribution in [0.1, 0.15) is 65.9 Å². The van der Waals surface area contributed by atoms with Crippen LogP contribution in [0.2, 0.25) is 5.02 Å². The van der Waals surface area contributed by atoms with Crippen LogP contribution < -0.4 is 15.0 Å². The number of alkyl carbamates (subject to hydrolysis) is 1. The second-order valence-corrected chi connectivity index (χ2v) is 14.6. The molecule has 0 aromatic heterocycles. The van der Waals surface area contributed by atoms with Gasteiger partial charge in [-0.05, 0) is 57.1 Å². The number of hydrogen-bond acceptors (Lipinski definition) is 10. The Kier molecular flexibility index (Phi) is 12.6. The summed E-state index contributed by atoms with van der Waals surface area (Å²) >= 11 is 10.9. The lowest BCUT2D eigenvalue weighted by Gasteiger charge is -2.42. The number of carbonyl (C=O) groups excluding carboxylic acids is 4. The number of epoxide rings is 1. The van der Waals surface area contributed by atoms with E-state index in [0.29, 0.717) is 30.0 Å². The van der Waals surface area contributed by atoms with Gasteiger partial charge in [0, 0.05) is 38.8 Å². The van der Waals surface area contributed by atoms with Crippen molar-refractivity contribution in [2.75, 3.05) is 31.9 Å². The van der Waals surface area contributed by atoms with Gasteiger partial charge in [-0.3, -0.25) is 14.9 Å². The Morgan fingerprint density at radius 3 is 2.64 bits per heavy atom. The van der Waals surface area contributed by atoms with Gasteiger partial charge in [0.25, 0.3) is 0 Å². The number of fused-ring (bicyclic) bond motifs is 5. The first-order valence-electron chi connectivity index (χ1n) is 16.9. The molecule has 0 aliphatic carbocycles. The number of methoxy groups -OCH3 is 1. The summed E-state index contributed by atoms with van der Waals surface area (Å²) in [5.74, 6) is -1.61. The third kappa shape index (κ3) is 8.43. The van der Waals surface area contributed by atoms with E-state index in [1.165, 1.54) is 24.0 Å². The molecule has 1 aromatic carbocycles. The molecule has 3 heterocycles. The fraction of sp³-hybridized carbons (Fsp3) is 0.611. The van der Waals surface area contributed by atoms with Crippen molar-refractivity contribution in [3.63, 3.8) is 0 Å². The number of likely N-dealkylation sites (N-methyl/N-ethyl adjacent to an activating group) is 1. The van der Waals surface area contributed by atoms with Crippen molar-refractivity contribution < 1.29 is 43.2 Å². The van der Waals surface area contributed by atoms with E-state index < -0.39 is 65.5 Å². The van der Waals surface area contributed by atoms with Gasteiger partial charge in [0.2, 0.25) is 11.8 Å². The molecule has 12 nitrogen and oxygen atoms in total. The number of allylic oxidation sites excluding steroid dienone is 3. The van der Waals surface area contributed by atoms with Crippen LogP contribution >= 0.6 is 24.2 Å². The molecule has 4 bridgehead atoms. The molecule has 0 unspecified atom stereocenters. The molecule has 276 valence electrons. The first kappa shape index (κ1) is 39.5. The lowest BCUT2D eigenvalue weighted by molar-refractivity contribution is -0.161. The van der Waals surface area contributed by atoms with Crippen molar-refractivity contribution >= 4 is 53.8 Å². The fourth-order valence-corrected chi connectivity index (χ4v) is 7.28. The number of anilines is 1. The predicted octanol–water partition coefficient (Wildman–Crippen LogP) is 4.85. The highest BCUT2D eigenvalue weighted by Gasteiger charge is 2.64. The Morgan fingerprint density at radius 2 is 2.00 bits per heavy atom. The number of aliphatic hydroxyl groups is 1. The number of amides is 3. The van der Waals surface area contributed by atoms with E-state index in [9.17, 15) is 24.3 Å². The molecule has 0 spiro atoms. The van der Waals surface area contributed by atoms with Crippen LogP contribution in [0.15, 0.2) is 35.9 Å². The van der Waals surface area contributed by atoms with E-state index in [4.69, 9.17) is 30.5 Å². The van der Waals surface area contributed by atoms with Gasteiger partial charge in [-0.2, -0.15) is 12.6 Å². The molecule has 2 fully saturated rings. The minimum Gasteiger partial charge on any atom is -0.495 e. The fourth-order valence-electron chi connectivity index (χ4n) is 6.78. The monoisotopic (exact) mass is 735 g/mol. The van der Waals surface area contributed by atoms with E-state index in [-0.39, 0.29) is 30.2 Å². The highest BCUT2D eigenvalue weighted by Crippen LogP contribution is 2.49. The van der Waals surface area contributed by atoms with Gasteiger partial charge in [0.1, 0.15) is 40.3 Å². The molecule has 3 aliphatic heterocycles. The molecule has 14 heteroatoms. The van der Waals surface area contributed by atoms with Gasteiger partial charge < -0.3 is 33.9 Å². The van der Waals surface area contributed by atoms with Gasteiger partial charge in [-0.25, -0.2) is 9.59 Å². The molecule has 8 atom stereocenters. The van der Waals surface area contributed by atoms with E-state index in [2.05, 4.69) is 17.9 Å². The van der Waals surface area contributed by atoms with Gasteiger partial charge in [0.15, 0.2) is 0 Å². The van der Waals surface area contributed by atoms with E-state index in [1.807, 2.05) is 51.1 Å². The summed E-state index contributed by atoms with van der Waals surface area (Å²) in [6.07, 6.45) is 3.40. The zero-order valence-corrected chi connectivity index (χ0v) is 31.7. The lowest BCUT2D eigenvalue weighted by atomic mass is 9.80. The quantitative estimate of drug-likeness (QED) is 0.203. The summed E-state index contributed by atoms with van der Waals surface area (Å²) in [6.45, 7) is 9.01. The maximum Gasteiger partial charge on any atom is 0.409 e. The third-order valence-electron chi connectivity index (χ3n) is 10.2. The number of hydrogen-bond donors (Lipinski definition) is 3. The Bertz CT molecular complexity index is 1540. The molecule has 0 radical (unpaired) electrons. The largest absolute Gasteiger partial charge is 0.495 e. The van der Waals surface area contributed by atoms with E-state index in [1.54, 1.807) is 20.9 Å². The van der Waals surface area contributed by atoms with Gasteiger partial charge in [-0.1, -0.05) is 49.2 Å². The molecule has 3 amide bonds. The molecule has 2 N–H and O–H groups in total. The summed E-state index contributed by atoms with van der Waals surface area (Å²) in [5.41, 5.74) is -0.543. The highest BCUT2D eigenvalue weighted by molar-refractivity contribution is 7.80. The molecule has 2 saturated heterocycles. The van der Waals surface area contributed by atoms with Crippen molar-refractivity contribution in [1.82, 2.24) is 10.2 Å². The topological polar surface area (TPSA) is 147 Å². The minimum atomic E-state index is -1.60. The van der Waals surface area contributed by atoms with Gasteiger partial charge in [-0.15, -0.1) is 0 Å². The van der Waals surface area contributed by atoms with Crippen LogP contribution in [0.3, 0.4) is 0 Å². The molecule has 1 aromatic rings. The second-order valence-electron chi connectivity index (χ2n) is 13.7. The summed E-state index contributed by atoms with van der Waals surface area (Å²) < 4.78 is 23.5. The minimum absolute atomic E-state index is 0.0761. The van der Waals surface area contributed by atoms with Crippen LogP contribution in [-0.2, 0) is 35.0 Å². The van der Waals surface area contributed by atoms with Crippen molar-refractivity contribution in [2.24, 2.45) is 11.8 Å². The van der Waals surface area contributed by atoms with Gasteiger partial charge >= 0.3 is 12.1 Å². The van der Waals surface area contributed by atoms with Crippen LogP contribution in [0.25, 0.3) is 0 Å². The smallest absolute Gasteiger partial charge is 0.409 e. The standard InChI is InChI=1S/C36H50ClN3O9S/c1-9-24-12-10-11-20(2)15-23-16-25(31(37)26(17-23)46-8)40(7)30(42)18-28(48-33(43)22(4)39(6)29(41)13-14-50)35(5)32(49-35)21(3)27-19-36(24,45)38-34(44)47-27/h10-12,16-17,21-22,24,27-28,32,45,50H,9,13-15,18-19H2,1-8H3,(H,38,44)/b12-10+,20-11+/t21-,22+,24-,27+,28+,32+,35+,36+/m1/s1. The zero-order chi connectivity index (χ0) is 37.1. The first-order valence-corrected chi connectivity index (χ1v) is 17.9. The van der Waals surface area contributed by atoms with Crippen LogP contribution in [0, 0.1) is 11.8 Å². The lowest BCUT2D eigenvalue weighted by Crippen LogP contribution is -2.61. The second kappa shape index (κ2) is 16.0. The maximum atomic E-state index is 14.1. The van der Waals surface area contributed by atoms with Crippen LogP contribution in [-0.4, -0.2) is 96.5 Å². The first-order chi connectivity index (χ1) is 23.5. The van der Waals surface area contributed by atoms with Crippen molar-refractivity contribution in [2.45, 2.75) is 102 Å².